The highest BCUT2D eigenvalue weighted by atomic mass is 16.4. The van der Waals surface area contributed by atoms with Crippen molar-refractivity contribution in [2.24, 2.45) is 5.41 Å². The van der Waals surface area contributed by atoms with Gasteiger partial charge in [0.15, 0.2) is 0 Å². The van der Waals surface area contributed by atoms with Crippen molar-refractivity contribution >= 4 is 17.0 Å². The van der Waals surface area contributed by atoms with Crippen LogP contribution in [0, 0.1) is 5.41 Å². The molecule has 0 amide bonds. The van der Waals surface area contributed by atoms with Crippen molar-refractivity contribution in [3.8, 4) is 0 Å². The standard InChI is InChI=1S/C17H24N2O2/c1-4-5-6-9-17(2,3)11-19-12-18-14-10-13(16(20)21)7-8-15(14)19/h7-8,10,12H,4-6,9,11H2,1-3H3,(H,20,21). The number of carbonyl (C=O) groups is 1. The molecule has 4 nitrogen and oxygen atoms in total. The van der Waals surface area contributed by atoms with Crippen LogP contribution in [-0.2, 0) is 6.54 Å². The summed E-state index contributed by atoms with van der Waals surface area (Å²) in [7, 11) is 0. The second kappa shape index (κ2) is 6.29. The zero-order valence-electron chi connectivity index (χ0n) is 13.1. The van der Waals surface area contributed by atoms with Crippen LogP contribution in [0.4, 0.5) is 0 Å². The normalized spacial score (nSPS) is 12.0. The molecule has 1 heterocycles. The van der Waals surface area contributed by atoms with Crippen LogP contribution in [0.1, 0.15) is 56.8 Å². The Balaban J connectivity index is 2.17. The Morgan fingerprint density at radius 2 is 2.10 bits per heavy atom. The van der Waals surface area contributed by atoms with Gasteiger partial charge in [0.2, 0.25) is 0 Å². The number of nitrogens with zero attached hydrogens (tertiary/aromatic N) is 2. The molecule has 0 unspecified atom stereocenters. The molecule has 0 aliphatic heterocycles. The van der Waals surface area contributed by atoms with Gasteiger partial charge < -0.3 is 9.67 Å². The minimum absolute atomic E-state index is 0.217. The van der Waals surface area contributed by atoms with Crippen molar-refractivity contribution < 1.29 is 9.90 Å². The summed E-state index contributed by atoms with van der Waals surface area (Å²) < 4.78 is 2.13. The highest BCUT2D eigenvalue weighted by Crippen LogP contribution is 2.28. The monoisotopic (exact) mass is 288 g/mol. The van der Waals surface area contributed by atoms with Crippen LogP contribution in [0.5, 0.6) is 0 Å². The molecular formula is C17H24N2O2. The number of fused-ring (bicyclic) bond motifs is 1. The maximum absolute atomic E-state index is 11.0. The number of carboxylic acid groups (broad SMARTS) is 1. The molecule has 2 aromatic rings. The zero-order valence-corrected chi connectivity index (χ0v) is 13.1. The third-order valence-corrected chi connectivity index (χ3v) is 3.92. The first-order valence-electron chi connectivity index (χ1n) is 7.61. The molecule has 2 rings (SSSR count). The lowest BCUT2D eigenvalue weighted by molar-refractivity contribution is 0.0697. The molecule has 21 heavy (non-hydrogen) atoms. The lowest BCUT2D eigenvalue weighted by atomic mass is 9.87. The van der Waals surface area contributed by atoms with Gasteiger partial charge in [-0.25, -0.2) is 9.78 Å². The van der Waals surface area contributed by atoms with Crippen molar-refractivity contribution in [3.63, 3.8) is 0 Å². The first kappa shape index (κ1) is 15.5. The van der Waals surface area contributed by atoms with E-state index in [0.717, 1.165) is 17.6 Å². The number of rotatable bonds is 7. The van der Waals surface area contributed by atoms with E-state index in [1.165, 1.54) is 25.7 Å². The number of carboxylic acids is 1. The van der Waals surface area contributed by atoms with E-state index in [1.54, 1.807) is 12.1 Å². The molecule has 1 N–H and O–H groups in total. The summed E-state index contributed by atoms with van der Waals surface area (Å²) in [5.74, 6) is -0.911. The number of imidazole rings is 1. The van der Waals surface area contributed by atoms with Crippen LogP contribution >= 0.6 is 0 Å². The van der Waals surface area contributed by atoms with E-state index in [-0.39, 0.29) is 11.0 Å². The molecule has 0 saturated heterocycles. The number of unbranched alkanes of at least 4 members (excludes halogenated alkanes) is 2. The summed E-state index contributed by atoms with van der Waals surface area (Å²) in [6.45, 7) is 7.68. The zero-order chi connectivity index (χ0) is 15.5. The fourth-order valence-corrected chi connectivity index (χ4v) is 2.72. The molecule has 0 aliphatic rings. The van der Waals surface area contributed by atoms with Gasteiger partial charge in [-0.05, 0) is 30.0 Å². The molecule has 1 aromatic heterocycles. The maximum atomic E-state index is 11.0. The highest BCUT2D eigenvalue weighted by molar-refractivity contribution is 5.92. The van der Waals surface area contributed by atoms with Gasteiger partial charge in [0.25, 0.3) is 0 Å². The van der Waals surface area contributed by atoms with Crippen LogP contribution < -0.4 is 0 Å². The summed E-state index contributed by atoms with van der Waals surface area (Å²) in [5.41, 5.74) is 2.26. The van der Waals surface area contributed by atoms with E-state index in [2.05, 4.69) is 30.3 Å². The van der Waals surface area contributed by atoms with Crippen molar-refractivity contribution in [1.82, 2.24) is 9.55 Å². The number of hydrogen-bond acceptors (Lipinski definition) is 2. The van der Waals surface area contributed by atoms with Crippen molar-refractivity contribution in [2.45, 2.75) is 53.0 Å². The van der Waals surface area contributed by atoms with Gasteiger partial charge in [-0.3, -0.25) is 0 Å². The van der Waals surface area contributed by atoms with E-state index >= 15 is 0 Å². The Hall–Kier alpha value is -1.84. The minimum atomic E-state index is -0.911. The fourth-order valence-electron chi connectivity index (χ4n) is 2.72. The molecule has 4 heteroatoms. The number of aromatic carboxylic acids is 1. The van der Waals surface area contributed by atoms with Gasteiger partial charge in [0.05, 0.1) is 22.9 Å². The summed E-state index contributed by atoms with van der Waals surface area (Å²) >= 11 is 0. The first-order valence-corrected chi connectivity index (χ1v) is 7.61. The summed E-state index contributed by atoms with van der Waals surface area (Å²) in [6.07, 6.45) is 6.77. The lowest BCUT2D eigenvalue weighted by Crippen LogP contribution is -2.19. The third kappa shape index (κ3) is 3.84. The second-order valence-corrected chi connectivity index (χ2v) is 6.50. The van der Waals surface area contributed by atoms with Crippen LogP contribution in [0.15, 0.2) is 24.5 Å². The van der Waals surface area contributed by atoms with E-state index in [4.69, 9.17) is 5.11 Å². The second-order valence-electron chi connectivity index (χ2n) is 6.50. The fraction of sp³-hybridized carbons (Fsp3) is 0.529. The topological polar surface area (TPSA) is 55.1 Å². The van der Waals surface area contributed by atoms with Crippen molar-refractivity contribution in [2.75, 3.05) is 0 Å². The molecule has 114 valence electrons. The van der Waals surface area contributed by atoms with Crippen LogP contribution in [0.3, 0.4) is 0 Å². The molecule has 0 spiro atoms. The minimum Gasteiger partial charge on any atom is -0.478 e. The molecule has 0 saturated carbocycles. The van der Waals surface area contributed by atoms with Gasteiger partial charge in [0, 0.05) is 6.54 Å². The van der Waals surface area contributed by atoms with Gasteiger partial charge in [0.1, 0.15) is 0 Å². The predicted octanol–water partition coefficient (Wildman–Crippen LogP) is 4.34. The highest BCUT2D eigenvalue weighted by Gasteiger charge is 2.19. The third-order valence-electron chi connectivity index (χ3n) is 3.92. The molecule has 0 atom stereocenters. The van der Waals surface area contributed by atoms with Crippen LogP contribution in [-0.4, -0.2) is 20.6 Å². The van der Waals surface area contributed by atoms with Gasteiger partial charge in [-0.15, -0.1) is 0 Å². The lowest BCUT2D eigenvalue weighted by Gasteiger charge is -2.25. The van der Waals surface area contributed by atoms with Crippen LogP contribution in [0.25, 0.3) is 11.0 Å². The van der Waals surface area contributed by atoms with Gasteiger partial charge >= 0.3 is 5.97 Å². The number of benzene rings is 1. The van der Waals surface area contributed by atoms with Crippen molar-refractivity contribution in [1.29, 1.82) is 0 Å². The van der Waals surface area contributed by atoms with Crippen molar-refractivity contribution in [3.05, 3.63) is 30.1 Å². The molecule has 0 fully saturated rings. The Morgan fingerprint density at radius 3 is 2.76 bits per heavy atom. The van der Waals surface area contributed by atoms with E-state index < -0.39 is 5.97 Å². The Labute approximate surface area is 125 Å². The molecule has 0 bridgehead atoms. The smallest absolute Gasteiger partial charge is 0.335 e. The summed E-state index contributed by atoms with van der Waals surface area (Å²) in [4.78, 5) is 15.3. The SMILES string of the molecule is CCCCCC(C)(C)Cn1cnc2cc(C(=O)O)ccc21. The van der Waals surface area contributed by atoms with E-state index in [9.17, 15) is 4.79 Å². The molecular weight excluding hydrogens is 264 g/mol. The van der Waals surface area contributed by atoms with Gasteiger partial charge in [-0.2, -0.15) is 0 Å². The first-order chi connectivity index (χ1) is 9.93. The van der Waals surface area contributed by atoms with E-state index in [1.807, 2.05) is 12.4 Å². The molecule has 1 aromatic carbocycles. The number of aromatic nitrogens is 2. The quantitative estimate of drug-likeness (QED) is 0.771. The summed E-state index contributed by atoms with van der Waals surface area (Å²) in [5, 5.41) is 9.02. The number of hydrogen-bond donors (Lipinski definition) is 1. The van der Waals surface area contributed by atoms with E-state index in [0.29, 0.717) is 0 Å². The summed E-state index contributed by atoms with van der Waals surface area (Å²) in [6, 6.07) is 5.14. The van der Waals surface area contributed by atoms with Gasteiger partial charge in [-0.1, -0.05) is 40.0 Å². The Bertz CT molecular complexity index is 629. The molecule has 0 radical (unpaired) electrons. The largest absolute Gasteiger partial charge is 0.478 e. The molecule has 0 aliphatic carbocycles. The Morgan fingerprint density at radius 1 is 1.33 bits per heavy atom. The van der Waals surface area contributed by atoms with Crippen LogP contribution in [0.2, 0.25) is 0 Å². The Kier molecular flexibility index (Phi) is 4.66. The predicted molar refractivity (Wildman–Crippen MR) is 84.6 cm³/mol. The average molecular weight is 288 g/mol. The average Bonchev–Trinajstić information content (AvgIpc) is 2.80. The maximum Gasteiger partial charge on any atom is 0.335 e.